The number of ether oxygens (including phenoxy) is 1. The Morgan fingerprint density at radius 1 is 1.17 bits per heavy atom. The lowest BCUT2D eigenvalue weighted by Crippen LogP contribution is -2.27. The van der Waals surface area contributed by atoms with E-state index in [2.05, 4.69) is 0 Å². The first kappa shape index (κ1) is 20.3. The molecule has 1 aliphatic heterocycles. The predicted octanol–water partition coefficient (Wildman–Crippen LogP) is 4.01. The number of para-hydroxylation sites is 1. The third-order valence-electron chi connectivity index (χ3n) is 4.10. The van der Waals surface area contributed by atoms with Gasteiger partial charge < -0.3 is 4.74 Å². The topological polar surface area (TPSA) is 107 Å². The van der Waals surface area contributed by atoms with Gasteiger partial charge in [-0.1, -0.05) is 24.3 Å². The first-order valence-corrected chi connectivity index (χ1v) is 9.47. The molecule has 1 heterocycles. The molecule has 0 unspecified atom stereocenters. The van der Waals surface area contributed by atoms with Crippen molar-refractivity contribution in [3.8, 4) is 0 Å². The Balaban J connectivity index is 1.78. The zero-order chi connectivity index (χ0) is 21.0. The van der Waals surface area contributed by atoms with Gasteiger partial charge in [0.05, 0.1) is 34.1 Å². The van der Waals surface area contributed by atoms with Gasteiger partial charge in [0.15, 0.2) is 0 Å². The van der Waals surface area contributed by atoms with Crippen LogP contribution in [-0.2, 0) is 16.1 Å². The Morgan fingerprint density at radius 2 is 1.86 bits per heavy atom. The zero-order valence-electron chi connectivity index (χ0n) is 15.4. The molecule has 0 spiro atoms. The van der Waals surface area contributed by atoms with Gasteiger partial charge in [0.25, 0.3) is 16.8 Å². The number of nitro benzene ring substituents is 1. The molecule has 148 valence electrons. The Bertz CT molecular complexity index is 1020. The highest BCUT2D eigenvalue weighted by Crippen LogP contribution is 2.34. The number of imide groups is 1. The molecule has 1 aliphatic rings. The third kappa shape index (κ3) is 4.52. The second kappa shape index (κ2) is 8.70. The number of rotatable bonds is 6. The van der Waals surface area contributed by atoms with Crippen LogP contribution in [0.5, 0.6) is 0 Å². The van der Waals surface area contributed by atoms with E-state index in [-0.39, 0.29) is 29.3 Å². The van der Waals surface area contributed by atoms with E-state index in [0.717, 1.165) is 16.7 Å². The highest BCUT2D eigenvalue weighted by atomic mass is 32.2. The minimum Gasteiger partial charge on any atom is -0.462 e. The van der Waals surface area contributed by atoms with Gasteiger partial charge >= 0.3 is 5.97 Å². The largest absolute Gasteiger partial charge is 0.462 e. The van der Waals surface area contributed by atoms with Gasteiger partial charge in [0, 0.05) is 6.07 Å². The summed E-state index contributed by atoms with van der Waals surface area (Å²) in [7, 11) is 0. The van der Waals surface area contributed by atoms with Crippen LogP contribution in [0.1, 0.15) is 28.4 Å². The number of carbonyl (C=O) groups excluding carboxylic acids is 3. The fourth-order valence-corrected chi connectivity index (χ4v) is 3.53. The molecule has 0 saturated carbocycles. The van der Waals surface area contributed by atoms with E-state index >= 15 is 0 Å². The minimum absolute atomic E-state index is 0.0298. The molecule has 1 saturated heterocycles. The summed E-state index contributed by atoms with van der Waals surface area (Å²) in [6.45, 7) is 2.01. The van der Waals surface area contributed by atoms with Crippen LogP contribution in [0.4, 0.5) is 10.5 Å². The van der Waals surface area contributed by atoms with E-state index in [1.165, 1.54) is 24.3 Å². The summed E-state index contributed by atoms with van der Waals surface area (Å²) in [5.74, 6) is -0.967. The molecule has 3 rings (SSSR count). The highest BCUT2D eigenvalue weighted by Gasteiger charge is 2.35. The molecule has 0 radical (unpaired) electrons. The summed E-state index contributed by atoms with van der Waals surface area (Å²) in [6, 6.07) is 12.4. The van der Waals surface area contributed by atoms with Gasteiger partial charge in [-0.05, 0) is 48.5 Å². The van der Waals surface area contributed by atoms with Gasteiger partial charge in [-0.15, -0.1) is 0 Å². The van der Waals surface area contributed by atoms with Gasteiger partial charge in [-0.2, -0.15) is 0 Å². The molecule has 0 atom stereocenters. The molecule has 1 fully saturated rings. The molecule has 0 aliphatic carbocycles. The number of amides is 2. The van der Waals surface area contributed by atoms with E-state index in [1.54, 1.807) is 37.3 Å². The second-order valence-corrected chi connectivity index (χ2v) is 6.99. The zero-order valence-corrected chi connectivity index (χ0v) is 16.2. The Kier molecular flexibility index (Phi) is 6.08. The Labute approximate surface area is 170 Å². The van der Waals surface area contributed by atoms with Crippen molar-refractivity contribution in [1.82, 2.24) is 4.90 Å². The van der Waals surface area contributed by atoms with E-state index in [1.807, 2.05) is 0 Å². The molecule has 29 heavy (non-hydrogen) atoms. The average Bonchev–Trinajstić information content (AvgIpc) is 2.96. The number of esters is 1. The molecule has 0 aromatic heterocycles. The average molecular weight is 412 g/mol. The molecule has 2 amide bonds. The van der Waals surface area contributed by atoms with Crippen LogP contribution in [0.2, 0.25) is 0 Å². The van der Waals surface area contributed by atoms with Crippen LogP contribution in [0, 0.1) is 10.1 Å². The lowest BCUT2D eigenvalue weighted by molar-refractivity contribution is -0.385. The quantitative estimate of drug-likeness (QED) is 0.305. The molecule has 2 aromatic carbocycles. The van der Waals surface area contributed by atoms with E-state index in [9.17, 15) is 24.5 Å². The monoisotopic (exact) mass is 412 g/mol. The van der Waals surface area contributed by atoms with Crippen molar-refractivity contribution in [3.05, 3.63) is 80.2 Å². The number of carbonyl (C=O) groups is 3. The molecular weight excluding hydrogens is 396 g/mol. The molecule has 8 nitrogen and oxygen atoms in total. The van der Waals surface area contributed by atoms with Crippen LogP contribution in [-0.4, -0.2) is 33.5 Å². The summed E-state index contributed by atoms with van der Waals surface area (Å²) < 4.78 is 4.92. The second-order valence-electron chi connectivity index (χ2n) is 6.00. The van der Waals surface area contributed by atoms with Crippen molar-refractivity contribution < 1.29 is 24.0 Å². The standard InChI is InChI=1S/C20H16N2O6S/c1-2-28-19(24)14-9-7-13(8-10-14)12-21-18(23)17(29-20(21)25)11-15-5-3-4-6-16(15)22(26)27/h3-11H,2,12H2,1H3/b17-11-. The maximum Gasteiger partial charge on any atom is 0.338 e. The van der Waals surface area contributed by atoms with Gasteiger partial charge in [0.1, 0.15) is 0 Å². The van der Waals surface area contributed by atoms with Gasteiger partial charge in [-0.3, -0.25) is 24.6 Å². The van der Waals surface area contributed by atoms with Crippen molar-refractivity contribution in [2.24, 2.45) is 0 Å². The summed E-state index contributed by atoms with van der Waals surface area (Å²) in [5.41, 5.74) is 1.14. The lowest BCUT2D eigenvalue weighted by atomic mass is 10.1. The predicted molar refractivity (Wildman–Crippen MR) is 107 cm³/mol. The van der Waals surface area contributed by atoms with Crippen LogP contribution in [0.15, 0.2) is 53.4 Å². The first-order valence-electron chi connectivity index (χ1n) is 8.65. The normalized spacial score (nSPS) is 15.1. The molecule has 2 aromatic rings. The number of benzene rings is 2. The SMILES string of the molecule is CCOC(=O)c1ccc(CN2C(=O)S/C(=C\c3ccccc3[N+](=O)[O-])C2=O)cc1. The number of nitro groups is 1. The number of thioether (sulfide) groups is 1. The Morgan fingerprint density at radius 3 is 2.52 bits per heavy atom. The smallest absolute Gasteiger partial charge is 0.338 e. The fraction of sp³-hybridized carbons (Fsp3) is 0.150. The highest BCUT2D eigenvalue weighted by molar-refractivity contribution is 8.18. The number of hydrogen-bond donors (Lipinski definition) is 0. The maximum absolute atomic E-state index is 12.6. The molecule has 0 N–H and O–H groups in total. The molecule has 0 bridgehead atoms. The summed E-state index contributed by atoms with van der Waals surface area (Å²) in [6.07, 6.45) is 1.35. The van der Waals surface area contributed by atoms with Gasteiger partial charge in [-0.25, -0.2) is 4.79 Å². The van der Waals surface area contributed by atoms with Crippen molar-refractivity contribution in [2.75, 3.05) is 6.61 Å². The fourth-order valence-electron chi connectivity index (χ4n) is 2.70. The summed E-state index contributed by atoms with van der Waals surface area (Å²) in [5, 5.41) is 10.7. The van der Waals surface area contributed by atoms with E-state index < -0.39 is 22.0 Å². The third-order valence-corrected chi connectivity index (χ3v) is 5.01. The van der Waals surface area contributed by atoms with E-state index in [0.29, 0.717) is 11.1 Å². The van der Waals surface area contributed by atoms with Crippen molar-refractivity contribution in [3.63, 3.8) is 0 Å². The molecule has 9 heteroatoms. The van der Waals surface area contributed by atoms with Crippen molar-refractivity contribution >= 4 is 40.6 Å². The van der Waals surface area contributed by atoms with Crippen molar-refractivity contribution in [2.45, 2.75) is 13.5 Å². The van der Waals surface area contributed by atoms with Crippen LogP contribution < -0.4 is 0 Å². The Hall–Kier alpha value is -3.46. The molecular formula is C20H16N2O6S. The van der Waals surface area contributed by atoms with E-state index in [4.69, 9.17) is 4.74 Å². The van der Waals surface area contributed by atoms with Gasteiger partial charge in [0.2, 0.25) is 0 Å². The summed E-state index contributed by atoms with van der Waals surface area (Å²) in [4.78, 5) is 48.4. The number of nitrogens with zero attached hydrogens (tertiary/aromatic N) is 2. The summed E-state index contributed by atoms with van der Waals surface area (Å²) >= 11 is 0.733. The van der Waals surface area contributed by atoms with Crippen molar-refractivity contribution in [1.29, 1.82) is 0 Å². The van der Waals surface area contributed by atoms with Crippen LogP contribution in [0.25, 0.3) is 6.08 Å². The maximum atomic E-state index is 12.6. The lowest BCUT2D eigenvalue weighted by Gasteiger charge is -2.12. The first-order chi connectivity index (χ1) is 13.9. The van der Waals surface area contributed by atoms with Crippen LogP contribution in [0.3, 0.4) is 0 Å². The van der Waals surface area contributed by atoms with Crippen LogP contribution >= 0.6 is 11.8 Å². The number of hydrogen-bond acceptors (Lipinski definition) is 7. The minimum atomic E-state index is -0.540.